The van der Waals surface area contributed by atoms with Crippen LogP contribution in [-0.2, 0) is 9.59 Å². The minimum Gasteiger partial charge on any atom is -0.352 e. The van der Waals surface area contributed by atoms with Crippen LogP contribution in [0.25, 0.3) is 0 Å². The van der Waals surface area contributed by atoms with Gasteiger partial charge in [-0.05, 0) is 42.9 Å². The number of hydrogen-bond acceptors (Lipinski definition) is 3. The van der Waals surface area contributed by atoms with Gasteiger partial charge in [-0.25, -0.2) is 0 Å². The van der Waals surface area contributed by atoms with Crippen molar-refractivity contribution in [3.05, 3.63) is 29.3 Å². The maximum absolute atomic E-state index is 12.5. The molecule has 0 spiro atoms. The van der Waals surface area contributed by atoms with Crippen LogP contribution >= 0.6 is 0 Å². The molecule has 1 fully saturated rings. The highest BCUT2D eigenvalue weighted by Gasteiger charge is 2.24. The number of amides is 2. The molecule has 1 aromatic rings. The zero-order valence-electron chi connectivity index (χ0n) is 16.1. The summed E-state index contributed by atoms with van der Waals surface area (Å²) < 4.78 is 0. The quantitative estimate of drug-likeness (QED) is 0.761. The van der Waals surface area contributed by atoms with Crippen molar-refractivity contribution in [1.82, 2.24) is 10.2 Å². The number of benzene rings is 1. The van der Waals surface area contributed by atoms with Crippen LogP contribution in [0.2, 0.25) is 0 Å². The smallest absolute Gasteiger partial charge is 0.238 e. The highest BCUT2D eigenvalue weighted by Crippen LogP contribution is 2.32. The highest BCUT2D eigenvalue weighted by atomic mass is 16.2. The van der Waals surface area contributed by atoms with E-state index in [1.54, 1.807) is 11.9 Å². The van der Waals surface area contributed by atoms with E-state index in [4.69, 9.17) is 0 Å². The summed E-state index contributed by atoms with van der Waals surface area (Å²) in [6.07, 6.45) is 2.14. The Hall–Kier alpha value is -1.88. The first-order valence-electron chi connectivity index (χ1n) is 9.18. The predicted octanol–water partition coefficient (Wildman–Crippen LogP) is 3.08. The van der Waals surface area contributed by atoms with Crippen LogP contribution < -0.4 is 10.6 Å². The first kappa shape index (κ1) is 19.4. The Morgan fingerprint density at radius 2 is 1.56 bits per heavy atom. The van der Waals surface area contributed by atoms with E-state index in [0.717, 1.165) is 29.7 Å². The summed E-state index contributed by atoms with van der Waals surface area (Å²) >= 11 is 0. The van der Waals surface area contributed by atoms with Gasteiger partial charge in [-0.2, -0.15) is 0 Å². The number of carbonyl (C=O) groups excluding carboxylic acids is 2. The molecule has 0 bridgehead atoms. The summed E-state index contributed by atoms with van der Waals surface area (Å²) in [6.45, 7) is 8.95. The summed E-state index contributed by atoms with van der Waals surface area (Å²) in [7, 11) is 1.80. The lowest BCUT2D eigenvalue weighted by atomic mass is 9.92. The highest BCUT2D eigenvalue weighted by molar-refractivity contribution is 5.94. The third kappa shape index (κ3) is 5.85. The third-order valence-corrected chi connectivity index (χ3v) is 4.41. The first-order valence-corrected chi connectivity index (χ1v) is 9.18. The van der Waals surface area contributed by atoms with Gasteiger partial charge in [-0.15, -0.1) is 0 Å². The molecule has 2 rings (SSSR count). The van der Waals surface area contributed by atoms with E-state index in [-0.39, 0.29) is 24.9 Å². The Bertz CT molecular complexity index is 595. The molecule has 2 amide bonds. The fourth-order valence-electron chi connectivity index (χ4n) is 2.92. The zero-order chi connectivity index (χ0) is 18.6. The topological polar surface area (TPSA) is 61.4 Å². The molecule has 5 heteroatoms. The summed E-state index contributed by atoms with van der Waals surface area (Å²) in [4.78, 5) is 26.1. The normalized spacial score (nSPS) is 14.2. The van der Waals surface area contributed by atoms with Gasteiger partial charge in [0.2, 0.25) is 11.8 Å². The van der Waals surface area contributed by atoms with E-state index in [1.807, 2.05) is 0 Å². The van der Waals surface area contributed by atoms with Gasteiger partial charge in [0.05, 0.1) is 13.1 Å². The fraction of sp³-hybridized carbons (Fsp3) is 0.600. The van der Waals surface area contributed by atoms with Crippen LogP contribution in [0.3, 0.4) is 0 Å². The average Bonchev–Trinajstić information content (AvgIpc) is 3.30. The number of rotatable bonds is 8. The van der Waals surface area contributed by atoms with E-state index in [2.05, 4.69) is 56.5 Å². The van der Waals surface area contributed by atoms with Crippen molar-refractivity contribution in [2.75, 3.05) is 25.5 Å². The van der Waals surface area contributed by atoms with Crippen LogP contribution in [0.5, 0.6) is 0 Å². The summed E-state index contributed by atoms with van der Waals surface area (Å²) in [5, 5.41) is 6.03. The Balaban J connectivity index is 2.00. The van der Waals surface area contributed by atoms with Crippen LogP contribution in [0.15, 0.2) is 18.2 Å². The minimum atomic E-state index is -0.0864. The van der Waals surface area contributed by atoms with Crippen molar-refractivity contribution in [2.45, 2.75) is 58.4 Å². The Morgan fingerprint density at radius 3 is 2.04 bits per heavy atom. The molecule has 0 atom stereocenters. The molecule has 1 aliphatic carbocycles. The molecule has 2 N–H and O–H groups in total. The number of nitrogens with one attached hydrogen (secondary N) is 2. The molecular weight excluding hydrogens is 314 g/mol. The molecule has 5 nitrogen and oxygen atoms in total. The Morgan fingerprint density at radius 1 is 1.04 bits per heavy atom. The van der Waals surface area contributed by atoms with Gasteiger partial charge in [0.25, 0.3) is 0 Å². The number of likely N-dealkylation sites (N-methyl/N-ethyl adjacent to an activating group) is 1. The van der Waals surface area contributed by atoms with Gasteiger partial charge in [0.1, 0.15) is 0 Å². The number of para-hydroxylation sites is 1. The van der Waals surface area contributed by atoms with E-state index in [0.29, 0.717) is 17.9 Å². The second-order valence-electron chi connectivity index (χ2n) is 7.68. The standard InChI is InChI=1S/C20H31N3O2/c1-13(2)16-7-6-8-17(14(3)4)20(16)22-19(25)12-23(5)11-18(24)21-15-9-10-15/h6-8,13-15H,9-12H2,1-5H3,(H,21,24)(H,22,25). The van der Waals surface area contributed by atoms with Gasteiger partial charge < -0.3 is 10.6 Å². The molecule has 0 aliphatic heterocycles. The second kappa shape index (κ2) is 8.48. The van der Waals surface area contributed by atoms with Crippen molar-refractivity contribution in [3.8, 4) is 0 Å². The third-order valence-electron chi connectivity index (χ3n) is 4.41. The molecule has 1 saturated carbocycles. The van der Waals surface area contributed by atoms with Crippen molar-refractivity contribution in [3.63, 3.8) is 0 Å². The van der Waals surface area contributed by atoms with Gasteiger partial charge in [0, 0.05) is 11.7 Å². The van der Waals surface area contributed by atoms with Gasteiger partial charge in [-0.1, -0.05) is 45.9 Å². The zero-order valence-corrected chi connectivity index (χ0v) is 16.1. The van der Waals surface area contributed by atoms with Crippen molar-refractivity contribution < 1.29 is 9.59 Å². The summed E-state index contributed by atoms with van der Waals surface area (Å²) in [5.74, 6) is 0.562. The number of hydrogen-bond donors (Lipinski definition) is 2. The molecule has 0 saturated heterocycles. The van der Waals surface area contributed by atoms with Gasteiger partial charge in [-0.3, -0.25) is 14.5 Å². The molecule has 0 aromatic heterocycles. The van der Waals surface area contributed by atoms with Crippen molar-refractivity contribution in [1.29, 1.82) is 0 Å². The van der Waals surface area contributed by atoms with E-state index in [1.165, 1.54) is 0 Å². The van der Waals surface area contributed by atoms with Gasteiger partial charge in [0.15, 0.2) is 0 Å². The van der Waals surface area contributed by atoms with E-state index < -0.39 is 0 Å². The lowest BCUT2D eigenvalue weighted by Gasteiger charge is -2.21. The Labute approximate surface area is 151 Å². The largest absolute Gasteiger partial charge is 0.352 e. The maximum atomic E-state index is 12.5. The van der Waals surface area contributed by atoms with Crippen molar-refractivity contribution >= 4 is 17.5 Å². The van der Waals surface area contributed by atoms with Crippen LogP contribution in [0.1, 0.15) is 63.5 Å². The first-order chi connectivity index (χ1) is 11.8. The molecular formula is C20H31N3O2. The lowest BCUT2D eigenvalue weighted by Crippen LogP contribution is -2.39. The van der Waals surface area contributed by atoms with Crippen LogP contribution in [-0.4, -0.2) is 42.9 Å². The Kier molecular flexibility index (Phi) is 6.59. The SMILES string of the molecule is CC(C)c1cccc(C(C)C)c1NC(=O)CN(C)CC(=O)NC1CC1. The fourth-order valence-corrected chi connectivity index (χ4v) is 2.92. The number of anilines is 1. The summed E-state index contributed by atoms with van der Waals surface area (Å²) in [6, 6.07) is 6.54. The maximum Gasteiger partial charge on any atom is 0.238 e. The molecule has 1 aliphatic rings. The lowest BCUT2D eigenvalue weighted by molar-refractivity contribution is -0.123. The van der Waals surface area contributed by atoms with Gasteiger partial charge >= 0.3 is 0 Å². The molecule has 0 unspecified atom stereocenters. The minimum absolute atomic E-state index is 0.0109. The predicted molar refractivity (Wildman–Crippen MR) is 102 cm³/mol. The number of nitrogens with zero attached hydrogens (tertiary/aromatic N) is 1. The molecule has 0 radical (unpaired) electrons. The van der Waals surface area contributed by atoms with E-state index >= 15 is 0 Å². The molecule has 25 heavy (non-hydrogen) atoms. The number of carbonyl (C=O) groups is 2. The second-order valence-corrected chi connectivity index (χ2v) is 7.68. The van der Waals surface area contributed by atoms with Crippen LogP contribution in [0.4, 0.5) is 5.69 Å². The summed E-state index contributed by atoms with van der Waals surface area (Å²) in [5.41, 5.74) is 3.22. The molecule has 1 aromatic carbocycles. The van der Waals surface area contributed by atoms with Crippen LogP contribution in [0, 0.1) is 0 Å². The average molecular weight is 345 g/mol. The van der Waals surface area contributed by atoms with Crippen molar-refractivity contribution in [2.24, 2.45) is 0 Å². The monoisotopic (exact) mass is 345 g/mol. The molecule has 0 heterocycles. The van der Waals surface area contributed by atoms with E-state index in [9.17, 15) is 9.59 Å². The molecule has 138 valence electrons.